The first-order valence-electron chi connectivity index (χ1n) is 20.0. The first-order chi connectivity index (χ1) is 29.2. The fourth-order valence-corrected chi connectivity index (χ4v) is 8.99. The van der Waals surface area contributed by atoms with Crippen molar-refractivity contribution in [1.82, 2.24) is 14.1 Å². The highest BCUT2D eigenvalue weighted by atomic mass is 16.3. The van der Waals surface area contributed by atoms with E-state index in [0.29, 0.717) is 0 Å². The third-order valence-corrected chi connectivity index (χ3v) is 11.7. The summed E-state index contributed by atoms with van der Waals surface area (Å²) in [5.41, 5.74) is 16.1. The Morgan fingerprint density at radius 2 is 0.949 bits per heavy atom. The third kappa shape index (κ3) is 5.42. The van der Waals surface area contributed by atoms with E-state index >= 15 is 0 Å². The minimum Gasteiger partial charge on any atom is -0.456 e. The molecule has 0 aliphatic heterocycles. The van der Waals surface area contributed by atoms with Gasteiger partial charge in [0.05, 0.1) is 22.1 Å². The quantitative estimate of drug-likeness (QED) is 0.169. The van der Waals surface area contributed by atoms with Crippen LogP contribution in [0.3, 0.4) is 0 Å². The van der Waals surface area contributed by atoms with Crippen LogP contribution < -0.4 is 0 Å². The summed E-state index contributed by atoms with van der Waals surface area (Å²) < 4.78 is 11.5. The van der Waals surface area contributed by atoms with Crippen LogP contribution in [0.1, 0.15) is 0 Å². The Hall–Kier alpha value is -7.95. The second kappa shape index (κ2) is 13.3. The van der Waals surface area contributed by atoms with Gasteiger partial charge in [-0.15, -0.1) is 0 Å². The van der Waals surface area contributed by atoms with Crippen molar-refractivity contribution in [1.29, 1.82) is 0 Å². The highest BCUT2D eigenvalue weighted by molar-refractivity contribution is 6.15. The van der Waals surface area contributed by atoms with Crippen molar-refractivity contribution < 1.29 is 4.42 Å². The molecule has 0 bridgehead atoms. The van der Waals surface area contributed by atoms with Crippen LogP contribution >= 0.6 is 0 Å². The van der Waals surface area contributed by atoms with Crippen LogP contribution in [0.15, 0.2) is 217 Å². The van der Waals surface area contributed by atoms with Crippen LogP contribution in [-0.2, 0) is 0 Å². The summed E-state index contributed by atoms with van der Waals surface area (Å²) in [6, 6.07) is 75.5. The molecule has 12 aromatic rings. The SMILES string of the molecule is c1ccc(-c2cccc(-c3cc(-c4ccc(-c5nc6ccccc6n5-c5ccccc5)cc4)c4c(c3)oc3cc(-n5c6ccccc6c6ccccc65)ccc34)c2)cc1. The van der Waals surface area contributed by atoms with E-state index in [2.05, 4.69) is 215 Å². The molecule has 0 saturated heterocycles. The maximum atomic E-state index is 6.92. The van der Waals surface area contributed by atoms with Crippen molar-refractivity contribution in [3.05, 3.63) is 212 Å². The summed E-state index contributed by atoms with van der Waals surface area (Å²) >= 11 is 0. The molecular formula is C55H35N3O. The van der Waals surface area contributed by atoms with Crippen molar-refractivity contribution >= 4 is 54.8 Å². The molecule has 4 nitrogen and oxygen atoms in total. The maximum Gasteiger partial charge on any atom is 0.145 e. The number of aromatic nitrogens is 3. The second-order valence-electron chi connectivity index (χ2n) is 15.2. The Labute approximate surface area is 340 Å². The molecule has 3 aromatic heterocycles. The molecule has 0 amide bonds. The van der Waals surface area contributed by atoms with E-state index in [9.17, 15) is 0 Å². The maximum absolute atomic E-state index is 6.92. The number of furan rings is 1. The molecule has 0 unspecified atom stereocenters. The molecule has 0 saturated carbocycles. The van der Waals surface area contributed by atoms with Crippen LogP contribution in [0, 0.1) is 0 Å². The fourth-order valence-electron chi connectivity index (χ4n) is 8.99. The summed E-state index contributed by atoms with van der Waals surface area (Å²) in [5.74, 6) is 0.909. The minimum absolute atomic E-state index is 0.851. The Bertz CT molecular complexity index is 3480. The largest absolute Gasteiger partial charge is 0.456 e. The highest BCUT2D eigenvalue weighted by Gasteiger charge is 2.20. The summed E-state index contributed by atoms with van der Waals surface area (Å²) in [4.78, 5) is 5.14. The van der Waals surface area contributed by atoms with Crippen LogP contribution in [0.4, 0.5) is 0 Å². The van der Waals surface area contributed by atoms with Gasteiger partial charge in [-0.2, -0.15) is 0 Å². The van der Waals surface area contributed by atoms with Gasteiger partial charge in [0.15, 0.2) is 0 Å². The van der Waals surface area contributed by atoms with Crippen LogP contribution in [0.2, 0.25) is 0 Å². The molecule has 3 heterocycles. The molecule has 0 spiro atoms. The third-order valence-electron chi connectivity index (χ3n) is 11.7. The smallest absolute Gasteiger partial charge is 0.145 e. The monoisotopic (exact) mass is 753 g/mol. The highest BCUT2D eigenvalue weighted by Crippen LogP contribution is 2.43. The van der Waals surface area contributed by atoms with Crippen LogP contribution in [0.25, 0.3) is 111 Å². The molecule has 9 aromatic carbocycles. The summed E-state index contributed by atoms with van der Waals surface area (Å²) in [6.07, 6.45) is 0. The van der Waals surface area contributed by atoms with Gasteiger partial charge >= 0.3 is 0 Å². The topological polar surface area (TPSA) is 35.9 Å². The van der Waals surface area contributed by atoms with Gasteiger partial charge in [0.2, 0.25) is 0 Å². The lowest BCUT2D eigenvalue weighted by molar-refractivity contribution is 0.669. The number of fused-ring (bicyclic) bond motifs is 7. The normalized spacial score (nSPS) is 11.7. The van der Waals surface area contributed by atoms with Crippen molar-refractivity contribution in [3.63, 3.8) is 0 Å². The Morgan fingerprint density at radius 1 is 0.339 bits per heavy atom. The summed E-state index contributed by atoms with van der Waals surface area (Å²) in [7, 11) is 0. The van der Waals surface area contributed by atoms with Gasteiger partial charge in [-0.25, -0.2) is 4.98 Å². The molecule has 0 atom stereocenters. The second-order valence-corrected chi connectivity index (χ2v) is 15.2. The lowest BCUT2D eigenvalue weighted by Crippen LogP contribution is -1.97. The van der Waals surface area contributed by atoms with Crippen LogP contribution in [-0.4, -0.2) is 14.1 Å². The van der Waals surface area contributed by atoms with E-state index < -0.39 is 0 Å². The molecule has 0 radical (unpaired) electrons. The predicted octanol–water partition coefficient (Wildman–Crippen LogP) is 14.7. The zero-order valence-electron chi connectivity index (χ0n) is 32.0. The molecule has 0 N–H and O–H groups in total. The van der Waals surface area contributed by atoms with Crippen molar-refractivity contribution in [2.75, 3.05) is 0 Å². The standard InChI is InChI=1S/C55H35N3O/c1-3-14-36(15-4-1)39-16-13-17-40(32-39)41-33-47(37-26-28-38(29-27-37)55-56-48-22-9-12-25-51(48)58(55)42-18-5-2-6-19-42)54-46-31-30-43(35-52(46)59-53(54)34-41)57-49-23-10-7-20-44(49)45-21-8-11-24-50(45)57/h1-35H. The minimum atomic E-state index is 0.851. The average Bonchev–Trinajstić information content (AvgIpc) is 3.99. The van der Waals surface area contributed by atoms with Crippen LogP contribution in [0.5, 0.6) is 0 Å². The Kier molecular flexibility index (Phi) is 7.50. The summed E-state index contributed by atoms with van der Waals surface area (Å²) in [6.45, 7) is 0. The zero-order valence-corrected chi connectivity index (χ0v) is 32.0. The number of nitrogens with zero attached hydrogens (tertiary/aromatic N) is 3. The van der Waals surface area contributed by atoms with Crippen molar-refractivity contribution in [2.45, 2.75) is 0 Å². The number of hydrogen-bond acceptors (Lipinski definition) is 2. The first-order valence-corrected chi connectivity index (χ1v) is 20.0. The van der Waals surface area contributed by atoms with Gasteiger partial charge in [0.1, 0.15) is 17.0 Å². The first kappa shape index (κ1) is 33.2. The van der Waals surface area contributed by atoms with E-state index in [4.69, 9.17) is 9.40 Å². The summed E-state index contributed by atoms with van der Waals surface area (Å²) in [5, 5.41) is 4.65. The van der Waals surface area contributed by atoms with Gasteiger partial charge < -0.3 is 8.98 Å². The molecule has 0 aliphatic carbocycles. The number of hydrogen-bond donors (Lipinski definition) is 0. The average molecular weight is 754 g/mol. The Morgan fingerprint density at radius 3 is 1.69 bits per heavy atom. The molecule has 0 fully saturated rings. The lowest BCUT2D eigenvalue weighted by atomic mass is 9.92. The van der Waals surface area contributed by atoms with Gasteiger partial charge in [0.25, 0.3) is 0 Å². The van der Waals surface area contributed by atoms with Crippen molar-refractivity contribution in [2.24, 2.45) is 0 Å². The van der Waals surface area contributed by atoms with E-state index in [1.165, 1.54) is 32.9 Å². The van der Waals surface area contributed by atoms with Crippen molar-refractivity contribution in [3.8, 4) is 56.1 Å². The van der Waals surface area contributed by atoms with E-state index in [0.717, 1.165) is 78.0 Å². The molecule has 59 heavy (non-hydrogen) atoms. The predicted molar refractivity (Wildman–Crippen MR) is 244 cm³/mol. The van der Waals surface area contributed by atoms with E-state index in [1.54, 1.807) is 0 Å². The van der Waals surface area contributed by atoms with E-state index in [1.807, 2.05) is 6.07 Å². The molecule has 12 rings (SSSR count). The fraction of sp³-hybridized carbons (Fsp3) is 0. The number of rotatable bonds is 6. The number of imidazole rings is 1. The van der Waals surface area contributed by atoms with Gasteiger partial charge in [-0.1, -0.05) is 140 Å². The lowest BCUT2D eigenvalue weighted by Gasteiger charge is -2.12. The van der Waals surface area contributed by atoms with Gasteiger partial charge in [0, 0.05) is 44.5 Å². The molecule has 276 valence electrons. The zero-order chi connectivity index (χ0) is 38.9. The Balaban J connectivity index is 1.05. The van der Waals surface area contributed by atoms with Gasteiger partial charge in [-0.05, 0) is 100 Å². The molecule has 0 aliphatic rings. The number of benzene rings is 9. The van der Waals surface area contributed by atoms with Gasteiger partial charge in [-0.3, -0.25) is 4.57 Å². The number of para-hydroxylation sites is 5. The molecular weight excluding hydrogens is 719 g/mol. The molecule has 4 heteroatoms. The van der Waals surface area contributed by atoms with E-state index in [-0.39, 0.29) is 0 Å².